The van der Waals surface area contributed by atoms with Crippen LogP contribution in [0.4, 0.5) is 0 Å². The smallest absolute Gasteiger partial charge is 0.274 e. The molecule has 1 aliphatic rings. The molecule has 0 unspecified atom stereocenters. The number of nitrogens with one attached hydrogen (secondary N) is 2. The number of furan rings is 1. The summed E-state index contributed by atoms with van der Waals surface area (Å²) in [5.41, 5.74) is 0. The van der Waals surface area contributed by atoms with Crippen LogP contribution in [0.2, 0.25) is 0 Å². The van der Waals surface area contributed by atoms with Gasteiger partial charge in [0.25, 0.3) is 10.0 Å². The van der Waals surface area contributed by atoms with Crippen LogP contribution in [0.3, 0.4) is 0 Å². The fraction of sp³-hybridized carbons (Fsp3) is 0.500. The number of nitrogens with zero attached hydrogens (tertiary/aromatic N) is 3. The first-order valence-corrected chi connectivity index (χ1v) is 8.28. The van der Waals surface area contributed by atoms with Crippen molar-refractivity contribution in [2.24, 2.45) is 0 Å². The molecule has 0 radical (unpaired) electrons. The van der Waals surface area contributed by atoms with Crippen LogP contribution >= 0.6 is 0 Å². The van der Waals surface area contributed by atoms with Gasteiger partial charge in [0.15, 0.2) is 0 Å². The molecule has 0 saturated heterocycles. The molecule has 114 valence electrons. The lowest BCUT2D eigenvalue weighted by Crippen LogP contribution is -2.27. The van der Waals surface area contributed by atoms with Gasteiger partial charge in [0.1, 0.15) is 5.76 Å². The minimum absolute atomic E-state index is 0.0614. The highest BCUT2D eigenvalue weighted by molar-refractivity contribution is 7.89. The van der Waals surface area contributed by atoms with Gasteiger partial charge in [-0.2, -0.15) is 0 Å². The molecule has 2 aromatic rings. The quantitative estimate of drug-likeness (QED) is 0.717. The van der Waals surface area contributed by atoms with E-state index in [4.69, 9.17) is 4.42 Å². The van der Waals surface area contributed by atoms with Crippen molar-refractivity contribution < 1.29 is 12.8 Å². The number of hydrogen-bond acceptors (Lipinski definition) is 6. The summed E-state index contributed by atoms with van der Waals surface area (Å²) in [6, 6.07) is 3.71. The molecule has 0 atom stereocenters. The van der Waals surface area contributed by atoms with Gasteiger partial charge in [-0.3, -0.25) is 4.68 Å². The van der Waals surface area contributed by atoms with E-state index in [0.29, 0.717) is 24.9 Å². The lowest BCUT2D eigenvalue weighted by molar-refractivity contribution is 0.398. The first-order chi connectivity index (χ1) is 10.1. The molecule has 21 heavy (non-hydrogen) atoms. The Hall–Kier alpha value is -1.71. The van der Waals surface area contributed by atoms with Gasteiger partial charge in [0, 0.05) is 18.8 Å². The Morgan fingerprint density at radius 1 is 1.38 bits per heavy atom. The molecule has 3 rings (SSSR count). The Bertz CT molecular complexity index is 676. The zero-order valence-corrected chi connectivity index (χ0v) is 12.2. The van der Waals surface area contributed by atoms with E-state index in [2.05, 4.69) is 20.4 Å². The van der Waals surface area contributed by atoms with Crippen LogP contribution < -0.4 is 10.0 Å². The van der Waals surface area contributed by atoms with Gasteiger partial charge in [0.05, 0.1) is 19.3 Å². The van der Waals surface area contributed by atoms with E-state index < -0.39 is 10.0 Å². The van der Waals surface area contributed by atoms with Crippen molar-refractivity contribution >= 4 is 10.0 Å². The van der Waals surface area contributed by atoms with Gasteiger partial charge < -0.3 is 9.73 Å². The third kappa shape index (κ3) is 3.90. The van der Waals surface area contributed by atoms with Crippen molar-refractivity contribution in [1.82, 2.24) is 25.0 Å². The third-order valence-electron chi connectivity index (χ3n) is 3.15. The predicted molar refractivity (Wildman–Crippen MR) is 73.8 cm³/mol. The van der Waals surface area contributed by atoms with E-state index in [1.165, 1.54) is 18.9 Å². The maximum atomic E-state index is 12.1. The Morgan fingerprint density at radius 2 is 2.24 bits per heavy atom. The summed E-state index contributed by atoms with van der Waals surface area (Å²) in [5.74, 6) is 0.624. The average Bonchev–Trinajstić information content (AvgIpc) is 2.93. The highest BCUT2D eigenvalue weighted by atomic mass is 32.2. The van der Waals surface area contributed by atoms with Crippen LogP contribution in [0.5, 0.6) is 0 Å². The normalized spacial score (nSPS) is 15.4. The van der Waals surface area contributed by atoms with Crippen LogP contribution in [-0.2, 0) is 23.1 Å². The third-order valence-corrected chi connectivity index (χ3v) is 4.48. The minimum Gasteiger partial charge on any atom is -0.447 e. The van der Waals surface area contributed by atoms with Gasteiger partial charge in [-0.25, -0.2) is 13.1 Å². The van der Waals surface area contributed by atoms with Crippen LogP contribution in [-0.4, -0.2) is 36.0 Å². The van der Waals surface area contributed by atoms with E-state index in [9.17, 15) is 8.42 Å². The Labute approximate surface area is 122 Å². The van der Waals surface area contributed by atoms with Crippen LogP contribution in [0.15, 0.2) is 34.0 Å². The molecule has 1 aliphatic carbocycles. The molecule has 1 fully saturated rings. The fourth-order valence-corrected chi connectivity index (χ4v) is 2.81. The lowest BCUT2D eigenvalue weighted by Gasteiger charge is -2.04. The van der Waals surface area contributed by atoms with Crippen molar-refractivity contribution in [3.8, 4) is 0 Å². The monoisotopic (exact) mass is 311 g/mol. The average molecular weight is 311 g/mol. The molecule has 0 aromatic carbocycles. The second-order valence-corrected chi connectivity index (χ2v) is 6.64. The number of aromatic nitrogens is 3. The summed E-state index contributed by atoms with van der Waals surface area (Å²) in [6.45, 7) is 1.19. The topological polar surface area (TPSA) is 102 Å². The van der Waals surface area contributed by atoms with E-state index >= 15 is 0 Å². The lowest BCUT2D eigenvalue weighted by atomic mass is 10.4. The summed E-state index contributed by atoms with van der Waals surface area (Å²) in [4.78, 5) is 0. The van der Waals surface area contributed by atoms with Gasteiger partial charge in [0.2, 0.25) is 5.09 Å². The summed E-state index contributed by atoms with van der Waals surface area (Å²) in [7, 11) is -3.62. The van der Waals surface area contributed by atoms with E-state index in [1.54, 1.807) is 23.1 Å². The summed E-state index contributed by atoms with van der Waals surface area (Å²) in [5, 5.41) is 10.6. The molecule has 0 amide bonds. The number of sulfonamides is 1. The molecular weight excluding hydrogens is 294 g/mol. The van der Waals surface area contributed by atoms with Gasteiger partial charge in [-0.05, 0) is 25.0 Å². The van der Waals surface area contributed by atoms with E-state index in [1.807, 2.05) is 0 Å². The minimum atomic E-state index is -3.62. The summed E-state index contributed by atoms with van der Waals surface area (Å²) < 4.78 is 33.5. The number of hydrogen-bond donors (Lipinski definition) is 2. The molecular formula is C12H17N5O3S. The van der Waals surface area contributed by atoms with Crippen LogP contribution in [0.1, 0.15) is 18.6 Å². The van der Waals surface area contributed by atoms with Crippen molar-refractivity contribution in [2.45, 2.75) is 37.1 Å². The first kappa shape index (κ1) is 14.2. The highest BCUT2D eigenvalue weighted by Gasteiger charge is 2.22. The molecule has 8 nitrogen and oxygen atoms in total. The second kappa shape index (κ2) is 5.96. The molecule has 0 aliphatic heterocycles. The van der Waals surface area contributed by atoms with Gasteiger partial charge in [-0.1, -0.05) is 5.21 Å². The van der Waals surface area contributed by atoms with Crippen LogP contribution in [0.25, 0.3) is 0 Å². The molecule has 0 bridgehead atoms. The first-order valence-electron chi connectivity index (χ1n) is 6.79. The highest BCUT2D eigenvalue weighted by Crippen LogP contribution is 2.20. The SMILES string of the molecule is O=S(=O)(NCCn1ccnn1)c1ccc(CNC2CC2)o1. The van der Waals surface area contributed by atoms with E-state index in [0.717, 1.165) is 0 Å². The van der Waals surface area contributed by atoms with Crippen molar-refractivity contribution in [2.75, 3.05) is 6.54 Å². The van der Waals surface area contributed by atoms with Gasteiger partial charge >= 0.3 is 0 Å². The molecule has 9 heteroatoms. The molecule has 2 aromatic heterocycles. The van der Waals surface area contributed by atoms with Crippen molar-refractivity contribution in [1.29, 1.82) is 0 Å². The second-order valence-electron chi connectivity index (χ2n) is 4.94. The Kier molecular flexibility index (Phi) is 4.04. The Morgan fingerprint density at radius 3 is 2.95 bits per heavy atom. The predicted octanol–water partition coefficient (Wildman–Crippen LogP) is 0.102. The van der Waals surface area contributed by atoms with Crippen molar-refractivity contribution in [3.05, 3.63) is 30.3 Å². The Balaban J connectivity index is 1.53. The largest absolute Gasteiger partial charge is 0.447 e. The molecule has 2 N–H and O–H groups in total. The standard InChI is InChI=1S/C12H17N5O3S/c18-21(19,15-6-8-17-7-5-14-16-17)12-4-3-11(20-12)9-13-10-1-2-10/h3-5,7,10,13,15H,1-2,6,8-9H2. The molecule has 0 spiro atoms. The zero-order chi connectivity index (χ0) is 14.7. The maximum Gasteiger partial charge on any atom is 0.274 e. The molecule has 1 saturated carbocycles. The van der Waals surface area contributed by atoms with Gasteiger partial charge in [-0.15, -0.1) is 5.10 Å². The maximum absolute atomic E-state index is 12.1. The van der Waals surface area contributed by atoms with E-state index in [-0.39, 0.29) is 11.6 Å². The molecule has 2 heterocycles. The fourth-order valence-electron chi connectivity index (χ4n) is 1.85. The zero-order valence-electron chi connectivity index (χ0n) is 11.4. The van der Waals surface area contributed by atoms with Crippen molar-refractivity contribution in [3.63, 3.8) is 0 Å². The summed E-state index contributed by atoms with van der Waals surface area (Å²) >= 11 is 0. The summed E-state index contributed by atoms with van der Waals surface area (Å²) in [6.07, 6.45) is 5.56. The van der Waals surface area contributed by atoms with Crippen LogP contribution in [0, 0.1) is 0 Å². The number of rotatable bonds is 8.